The number of aliphatic hydroxyl groups excluding tert-OH is 1. The lowest BCUT2D eigenvalue weighted by Gasteiger charge is -2.22. The summed E-state index contributed by atoms with van der Waals surface area (Å²) in [5, 5.41) is 9.59. The van der Waals surface area contributed by atoms with Gasteiger partial charge in [-0.1, -0.05) is 0 Å². The highest BCUT2D eigenvalue weighted by Gasteiger charge is 2.52. The maximum absolute atomic E-state index is 12.8. The molecule has 1 aliphatic carbocycles. The van der Waals surface area contributed by atoms with Crippen LogP contribution in [-0.2, 0) is 11.6 Å². The van der Waals surface area contributed by atoms with Crippen molar-refractivity contribution in [1.29, 1.82) is 0 Å². The molecule has 1 aromatic heterocycles. The van der Waals surface area contributed by atoms with Crippen molar-refractivity contribution >= 4 is 0 Å². The Hall–Kier alpha value is -1.10. The third-order valence-corrected chi connectivity index (χ3v) is 3.25. The first-order valence-electron chi connectivity index (χ1n) is 5.08. The smallest absolute Gasteiger partial charge is 0.392 e. The van der Waals surface area contributed by atoms with E-state index in [0.717, 1.165) is 12.3 Å². The number of alkyl halides is 3. The van der Waals surface area contributed by atoms with E-state index in [4.69, 9.17) is 0 Å². The Morgan fingerprint density at radius 2 is 2.06 bits per heavy atom. The molecular formula is C11H12F3NO. The monoisotopic (exact) mass is 231 g/mol. The van der Waals surface area contributed by atoms with Crippen molar-refractivity contribution in [3.8, 4) is 0 Å². The molecule has 0 saturated heterocycles. The van der Waals surface area contributed by atoms with Crippen molar-refractivity contribution in [2.24, 2.45) is 0 Å². The van der Waals surface area contributed by atoms with Gasteiger partial charge in [0.05, 0.1) is 11.7 Å². The molecule has 16 heavy (non-hydrogen) atoms. The Morgan fingerprint density at radius 3 is 2.50 bits per heavy atom. The van der Waals surface area contributed by atoms with Gasteiger partial charge in [-0.25, -0.2) is 0 Å². The summed E-state index contributed by atoms with van der Waals surface area (Å²) in [5.41, 5.74) is -1.29. The second-order valence-corrected chi connectivity index (χ2v) is 4.25. The maximum Gasteiger partial charge on any atom is 0.416 e. The van der Waals surface area contributed by atoms with Crippen molar-refractivity contribution in [3.63, 3.8) is 0 Å². The predicted octanol–water partition coefficient (Wildman–Crippen LogP) is 2.51. The summed E-state index contributed by atoms with van der Waals surface area (Å²) in [6, 6.07) is 0.970. The zero-order valence-electron chi connectivity index (χ0n) is 8.75. The van der Waals surface area contributed by atoms with Crippen LogP contribution in [0.25, 0.3) is 0 Å². The molecule has 0 spiro atoms. The molecule has 1 fully saturated rings. The van der Waals surface area contributed by atoms with Crippen LogP contribution in [0.3, 0.4) is 0 Å². The van der Waals surface area contributed by atoms with Gasteiger partial charge < -0.3 is 5.11 Å². The van der Waals surface area contributed by atoms with Gasteiger partial charge in [0, 0.05) is 17.8 Å². The molecule has 5 heteroatoms. The Kier molecular flexibility index (Phi) is 2.45. The van der Waals surface area contributed by atoms with Crippen molar-refractivity contribution in [2.75, 3.05) is 0 Å². The number of hydrogen-bond acceptors (Lipinski definition) is 2. The summed E-state index contributed by atoms with van der Waals surface area (Å²) in [4.78, 5) is 3.74. The molecular weight excluding hydrogens is 219 g/mol. The average Bonchev–Trinajstić information content (AvgIpc) is 2.97. The lowest BCUT2D eigenvalue weighted by Crippen LogP contribution is -2.26. The maximum atomic E-state index is 12.8. The van der Waals surface area contributed by atoms with E-state index in [1.54, 1.807) is 0 Å². The highest BCUT2D eigenvalue weighted by Crippen LogP contribution is 2.53. The molecule has 0 bridgehead atoms. The first kappa shape index (κ1) is 11.4. The molecule has 2 nitrogen and oxygen atoms in total. The molecule has 1 N–H and O–H groups in total. The van der Waals surface area contributed by atoms with E-state index >= 15 is 0 Å². The van der Waals surface area contributed by atoms with E-state index < -0.39 is 23.3 Å². The highest BCUT2D eigenvalue weighted by atomic mass is 19.4. The zero-order valence-corrected chi connectivity index (χ0v) is 8.75. The second kappa shape index (κ2) is 3.45. The summed E-state index contributed by atoms with van der Waals surface area (Å²) in [7, 11) is 0. The molecule has 0 radical (unpaired) electrons. The lowest BCUT2D eigenvalue weighted by molar-refractivity contribution is -0.138. The number of aromatic nitrogens is 1. The Balaban J connectivity index is 2.50. The molecule has 1 unspecified atom stereocenters. The standard InChI is InChI=1S/C11H12F3NO/c1-7(16)10(3-4-10)9-6-15-5-2-8(9)11(12,13)14/h2,5-7,16H,3-4H2,1H3. The van der Waals surface area contributed by atoms with Gasteiger partial charge >= 0.3 is 6.18 Å². The predicted molar refractivity (Wildman–Crippen MR) is 51.8 cm³/mol. The van der Waals surface area contributed by atoms with E-state index in [2.05, 4.69) is 4.98 Å². The van der Waals surface area contributed by atoms with Crippen LogP contribution in [0.2, 0.25) is 0 Å². The Bertz CT molecular complexity index is 396. The third kappa shape index (κ3) is 1.69. The first-order chi connectivity index (χ1) is 7.38. The largest absolute Gasteiger partial charge is 0.416 e. The van der Waals surface area contributed by atoms with Crippen LogP contribution in [0.1, 0.15) is 30.9 Å². The molecule has 0 aromatic carbocycles. The number of nitrogens with zero attached hydrogens (tertiary/aromatic N) is 1. The van der Waals surface area contributed by atoms with Gasteiger partial charge in [-0.3, -0.25) is 4.98 Å². The molecule has 1 atom stereocenters. The normalized spacial score (nSPS) is 20.6. The lowest BCUT2D eigenvalue weighted by atomic mass is 9.88. The van der Waals surface area contributed by atoms with E-state index in [9.17, 15) is 18.3 Å². The fraction of sp³-hybridized carbons (Fsp3) is 0.545. The van der Waals surface area contributed by atoms with Gasteiger partial charge in [-0.2, -0.15) is 13.2 Å². The molecule has 1 aliphatic rings. The van der Waals surface area contributed by atoms with E-state index in [-0.39, 0.29) is 5.56 Å². The van der Waals surface area contributed by atoms with Crippen molar-refractivity contribution in [1.82, 2.24) is 4.98 Å². The molecule has 0 amide bonds. The van der Waals surface area contributed by atoms with E-state index in [0.29, 0.717) is 12.8 Å². The van der Waals surface area contributed by atoms with E-state index in [1.807, 2.05) is 0 Å². The number of halogens is 3. The molecule has 1 saturated carbocycles. The number of aliphatic hydroxyl groups is 1. The fourth-order valence-corrected chi connectivity index (χ4v) is 2.09. The minimum atomic E-state index is -4.39. The fourth-order valence-electron chi connectivity index (χ4n) is 2.09. The summed E-state index contributed by atoms with van der Waals surface area (Å²) in [6.45, 7) is 1.53. The van der Waals surface area contributed by atoms with Crippen LogP contribution in [0.15, 0.2) is 18.5 Å². The minimum Gasteiger partial charge on any atom is -0.392 e. The summed E-state index contributed by atoms with van der Waals surface area (Å²) in [5.74, 6) is 0. The molecule has 1 heterocycles. The van der Waals surface area contributed by atoms with Gasteiger partial charge in [-0.15, -0.1) is 0 Å². The van der Waals surface area contributed by atoms with Gasteiger partial charge in [-0.05, 0) is 31.4 Å². The number of hydrogen-bond donors (Lipinski definition) is 1. The SMILES string of the molecule is CC(O)C1(c2cnccc2C(F)(F)F)CC1. The van der Waals surface area contributed by atoms with Crippen molar-refractivity contribution < 1.29 is 18.3 Å². The van der Waals surface area contributed by atoms with Crippen molar-refractivity contribution in [3.05, 3.63) is 29.6 Å². The first-order valence-corrected chi connectivity index (χ1v) is 5.08. The minimum absolute atomic E-state index is 0.123. The van der Waals surface area contributed by atoms with Crippen LogP contribution in [0.5, 0.6) is 0 Å². The van der Waals surface area contributed by atoms with Gasteiger partial charge in [0.15, 0.2) is 0 Å². The molecule has 1 aromatic rings. The van der Waals surface area contributed by atoms with Crippen LogP contribution in [0.4, 0.5) is 13.2 Å². The summed E-state index contributed by atoms with van der Waals surface area (Å²) >= 11 is 0. The van der Waals surface area contributed by atoms with Crippen LogP contribution in [-0.4, -0.2) is 16.2 Å². The number of pyridine rings is 1. The molecule has 2 rings (SSSR count). The van der Waals surface area contributed by atoms with Gasteiger partial charge in [0.1, 0.15) is 0 Å². The topological polar surface area (TPSA) is 33.1 Å². The Morgan fingerprint density at radius 1 is 1.44 bits per heavy atom. The third-order valence-electron chi connectivity index (χ3n) is 3.25. The van der Waals surface area contributed by atoms with Gasteiger partial charge in [0.2, 0.25) is 0 Å². The van der Waals surface area contributed by atoms with Gasteiger partial charge in [0.25, 0.3) is 0 Å². The second-order valence-electron chi connectivity index (χ2n) is 4.25. The molecule has 0 aliphatic heterocycles. The van der Waals surface area contributed by atoms with Crippen molar-refractivity contribution in [2.45, 2.75) is 37.5 Å². The molecule has 88 valence electrons. The van der Waals surface area contributed by atoms with Crippen LogP contribution >= 0.6 is 0 Å². The quantitative estimate of drug-likeness (QED) is 0.848. The number of rotatable bonds is 2. The van der Waals surface area contributed by atoms with Crippen LogP contribution in [0, 0.1) is 0 Å². The van der Waals surface area contributed by atoms with E-state index in [1.165, 1.54) is 13.1 Å². The van der Waals surface area contributed by atoms with Crippen LogP contribution < -0.4 is 0 Å². The highest BCUT2D eigenvalue weighted by molar-refractivity contribution is 5.39. The average molecular weight is 231 g/mol. The summed E-state index contributed by atoms with van der Waals surface area (Å²) in [6.07, 6.45) is -1.65. The summed E-state index contributed by atoms with van der Waals surface area (Å²) < 4.78 is 38.3. The Labute approximate surface area is 91.1 Å². The zero-order chi connectivity index (χ0) is 12.0.